The normalized spacial score (nSPS) is 22.9. The van der Waals surface area contributed by atoms with E-state index in [9.17, 15) is 14.4 Å². The standard InChI is InChI=1S/C8H11NO5/c1-4(10)2-5-3-6(11)9(5)7(12)8(13)14/h5,7,12H,2-3H2,1H3,(H,13,14)/t5-,7?/m1/s1. The number of likely N-dealkylation sites (tertiary alicyclic amines) is 1. The summed E-state index contributed by atoms with van der Waals surface area (Å²) in [6.45, 7) is 1.36. The van der Waals surface area contributed by atoms with E-state index in [1.165, 1.54) is 6.92 Å². The van der Waals surface area contributed by atoms with E-state index in [-0.39, 0.29) is 18.6 Å². The Balaban J connectivity index is 2.61. The van der Waals surface area contributed by atoms with Crippen LogP contribution < -0.4 is 0 Å². The lowest BCUT2D eigenvalue weighted by Crippen LogP contribution is -2.60. The maximum atomic E-state index is 11.0. The number of ketones is 1. The molecule has 14 heavy (non-hydrogen) atoms. The number of Topliss-reactive ketones (excluding diaryl/α,β-unsaturated/α-hetero) is 1. The van der Waals surface area contributed by atoms with Gasteiger partial charge >= 0.3 is 5.97 Å². The number of amides is 1. The van der Waals surface area contributed by atoms with Crippen LogP contribution >= 0.6 is 0 Å². The average molecular weight is 201 g/mol. The summed E-state index contributed by atoms with van der Waals surface area (Å²) in [5.74, 6) is -2.05. The molecule has 1 fully saturated rings. The molecule has 0 aromatic heterocycles. The van der Waals surface area contributed by atoms with Crippen LogP contribution in [0.25, 0.3) is 0 Å². The lowest BCUT2D eigenvalue weighted by atomic mass is 9.96. The molecular weight excluding hydrogens is 190 g/mol. The number of aliphatic carboxylic acids is 1. The maximum Gasteiger partial charge on any atom is 0.354 e. The van der Waals surface area contributed by atoms with Gasteiger partial charge in [-0.15, -0.1) is 0 Å². The van der Waals surface area contributed by atoms with Crippen LogP contribution in [-0.4, -0.2) is 45.0 Å². The van der Waals surface area contributed by atoms with Crippen molar-refractivity contribution in [2.75, 3.05) is 0 Å². The monoisotopic (exact) mass is 201 g/mol. The average Bonchev–Trinajstić information content (AvgIpc) is 2.01. The van der Waals surface area contributed by atoms with Gasteiger partial charge < -0.3 is 15.1 Å². The number of rotatable bonds is 4. The summed E-state index contributed by atoms with van der Waals surface area (Å²) in [6.07, 6.45) is -1.61. The van der Waals surface area contributed by atoms with Crippen molar-refractivity contribution in [2.45, 2.75) is 32.0 Å². The zero-order valence-electron chi connectivity index (χ0n) is 7.64. The molecule has 1 saturated heterocycles. The third-order valence-electron chi connectivity index (χ3n) is 2.10. The summed E-state index contributed by atoms with van der Waals surface area (Å²) >= 11 is 0. The fourth-order valence-electron chi connectivity index (χ4n) is 1.45. The minimum absolute atomic E-state index is 0.0933. The largest absolute Gasteiger partial charge is 0.478 e. The van der Waals surface area contributed by atoms with Crippen LogP contribution in [0.4, 0.5) is 0 Å². The molecular formula is C8H11NO5. The van der Waals surface area contributed by atoms with Crippen molar-refractivity contribution in [3.05, 3.63) is 0 Å². The molecule has 0 saturated carbocycles. The lowest BCUT2D eigenvalue weighted by Gasteiger charge is -2.41. The Labute approximate surface area is 80.1 Å². The number of carboxylic acids is 1. The van der Waals surface area contributed by atoms with Crippen LogP contribution in [0, 0.1) is 0 Å². The molecule has 1 unspecified atom stereocenters. The number of carbonyl (C=O) groups is 3. The van der Waals surface area contributed by atoms with Gasteiger partial charge in [-0.25, -0.2) is 4.79 Å². The van der Waals surface area contributed by atoms with Crippen molar-refractivity contribution in [3.63, 3.8) is 0 Å². The van der Waals surface area contributed by atoms with E-state index < -0.39 is 24.1 Å². The summed E-state index contributed by atoms with van der Waals surface area (Å²) in [7, 11) is 0. The van der Waals surface area contributed by atoms with Gasteiger partial charge in [0.05, 0.1) is 6.04 Å². The predicted octanol–water partition coefficient (Wildman–Crippen LogP) is -1.03. The quantitative estimate of drug-likeness (QED) is 0.567. The Hall–Kier alpha value is -1.43. The molecule has 0 bridgehead atoms. The van der Waals surface area contributed by atoms with Crippen molar-refractivity contribution < 1.29 is 24.6 Å². The van der Waals surface area contributed by atoms with E-state index >= 15 is 0 Å². The van der Waals surface area contributed by atoms with Crippen LogP contribution in [0.5, 0.6) is 0 Å². The van der Waals surface area contributed by atoms with Gasteiger partial charge in [-0.2, -0.15) is 0 Å². The van der Waals surface area contributed by atoms with Gasteiger partial charge in [0.1, 0.15) is 5.78 Å². The van der Waals surface area contributed by atoms with Gasteiger partial charge in [0.25, 0.3) is 0 Å². The zero-order valence-corrected chi connectivity index (χ0v) is 7.64. The molecule has 1 aliphatic heterocycles. The van der Waals surface area contributed by atoms with Gasteiger partial charge in [0.15, 0.2) is 0 Å². The van der Waals surface area contributed by atoms with Crippen LogP contribution in [0.15, 0.2) is 0 Å². The Morgan fingerprint density at radius 2 is 2.21 bits per heavy atom. The molecule has 0 aromatic rings. The number of carboxylic acid groups (broad SMARTS) is 1. The summed E-state index contributed by atoms with van der Waals surface area (Å²) in [4.78, 5) is 32.9. The second-order valence-electron chi connectivity index (χ2n) is 3.28. The summed E-state index contributed by atoms with van der Waals surface area (Å²) in [6, 6.07) is -0.467. The van der Waals surface area contributed by atoms with Gasteiger partial charge in [-0.05, 0) is 6.92 Å². The number of aliphatic hydroxyl groups is 1. The maximum absolute atomic E-state index is 11.0. The molecule has 2 N–H and O–H groups in total. The molecule has 6 heteroatoms. The lowest BCUT2D eigenvalue weighted by molar-refractivity contribution is -0.180. The first-order valence-corrected chi connectivity index (χ1v) is 4.15. The highest BCUT2D eigenvalue weighted by molar-refractivity contribution is 5.89. The molecule has 1 amide bonds. The minimum Gasteiger partial charge on any atom is -0.478 e. The van der Waals surface area contributed by atoms with Crippen molar-refractivity contribution in [3.8, 4) is 0 Å². The van der Waals surface area contributed by atoms with Gasteiger partial charge in [0, 0.05) is 12.8 Å². The van der Waals surface area contributed by atoms with Gasteiger partial charge in [0.2, 0.25) is 12.1 Å². The highest BCUT2D eigenvalue weighted by atomic mass is 16.4. The number of carbonyl (C=O) groups excluding carboxylic acids is 2. The van der Waals surface area contributed by atoms with E-state index in [0.717, 1.165) is 4.90 Å². The molecule has 0 aromatic carbocycles. The zero-order chi connectivity index (χ0) is 10.9. The molecule has 1 aliphatic rings. The van der Waals surface area contributed by atoms with E-state index in [1.54, 1.807) is 0 Å². The molecule has 0 aliphatic carbocycles. The third kappa shape index (κ3) is 1.90. The fourth-order valence-corrected chi connectivity index (χ4v) is 1.45. The number of hydrogen-bond acceptors (Lipinski definition) is 4. The van der Waals surface area contributed by atoms with Crippen molar-refractivity contribution in [2.24, 2.45) is 0 Å². The second kappa shape index (κ2) is 3.75. The van der Waals surface area contributed by atoms with Crippen LogP contribution in [0.3, 0.4) is 0 Å². The summed E-state index contributed by atoms with van der Waals surface area (Å²) in [5.41, 5.74) is 0. The molecule has 78 valence electrons. The van der Waals surface area contributed by atoms with Crippen LogP contribution in [-0.2, 0) is 14.4 Å². The molecule has 1 heterocycles. The molecule has 0 spiro atoms. The molecule has 2 atom stereocenters. The van der Waals surface area contributed by atoms with Gasteiger partial charge in [-0.3, -0.25) is 9.59 Å². The van der Waals surface area contributed by atoms with E-state index in [4.69, 9.17) is 10.2 Å². The Morgan fingerprint density at radius 1 is 1.64 bits per heavy atom. The van der Waals surface area contributed by atoms with Crippen LogP contribution in [0.2, 0.25) is 0 Å². The van der Waals surface area contributed by atoms with Gasteiger partial charge in [-0.1, -0.05) is 0 Å². The Bertz CT molecular complexity index is 287. The summed E-state index contributed by atoms with van der Waals surface area (Å²) < 4.78 is 0. The number of β-lactam (4-membered cyclic amide) rings is 1. The van der Waals surface area contributed by atoms with E-state index in [0.29, 0.717) is 0 Å². The number of hydrogen-bond donors (Lipinski definition) is 2. The van der Waals surface area contributed by atoms with Crippen molar-refractivity contribution >= 4 is 17.7 Å². The number of nitrogens with zero attached hydrogens (tertiary/aromatic N) is 1. The van der Waals surface area contributed by atoms with Crippen LogP contribution in [0.1, 0.15) is 19.8 Å². The van der Waals surface area contributed by atoms with Crippen molar-refractivity contribution in [1.82, 2.24) is 4.90 Å². The van der Waals surface area contributed by atoms with E-state index in [2.05, 4.69) is 0 Å². The molecule has 0 radical (unpaired) electrons. The summed E-state index contributed by atoms with van der Waals surface area (Å²) in [5, 5.41) is 17.6. The first-order valence-electron chi connectivity index (χ1n) is 4.15. The van der Waals surface area contributed by atoms with E-state index in [1.807, 2.05) is 0 Å². The highest BCUT2D eigenvalue weighted by Crippen LogP contribution is 2.24. The molecule has 6 nitrogen and oxygen atoms in total. The second-order valence-corrected chi connectivity index (χ2v) is 3.28. The smallest absolute Gasteiger partial charge is 0.354 e. The topological polar surface area (TPSA) is 94.9 Å². The number of aliphatic hydroxyl groups excluding tert-OH is 1. The minimum atomic E-state index is -1.83. The predicted molar refractivity (Wildman–Crippen MR) is 44.2 cm³/mol. The Morgan fingerprint density at radius 3 is 2.57 bits per heavy atom. The molecule has 1 rings (SSSR count). The third-order valence-corrected chi connectivity index (χ3v) is 2.10. The SMILES string of the molecule is CC(=O)C[C@@H]1CC(=O)N1C(O)C(=O)O. The highest BCUT2D eigenvalue weighted by Gasteiger charge is 2.43. The Kier molecular flexibility index (Phi) is 2.85. The first kappa shape index (κ1) is 10.6. The first-order chi connectivity index (χ1) is 6.43. The van der Waals surface area contributed by atoms with Crippen molar-refractivity contribution in [1.29, 1.82) is 0 Å². The fraction of sp³-hybridized carbons (Fsp3) is 0.625.